The predicted molar refractivity (Wildman–Crippen MR) is 60.9 cm³/mol. The second kappa shape index (κ2) is 4.69. The number of allylic oxidation sites excluding steroid dienone is 2. The summed E-state index contributed by atoms with van der Waals surface area (Å²) in [6.45, 7) is 7.08. The SMILES string of the molecule is CC(C)=CCCC1(C)CC1CNC(=O)O. The largest absolute Gasteiger partial charge is 0.465 e. The molecule has 3 nitrogen and oxygen atoms in total. The van der Waals surface area contributed by atoms with Crippen molar-refractivity contribution in [2.75, 3.05) is 6.54 Å². The Balaban J connectivity index is 2.21. The van der Waals surface area contributed by atoms with E-state index in [9.17, 15) is 4.79 Å². The van der Waals surface area contributed by atoms with Crippen molar-refractivity contribution in [2.24, 2.45) is 11.3 Å². The molecule has 1 amide bonds. The molecule has 0 saturated heterocycles. The lowest BCUT2D eigenvalue weighted by molar-refractivity contribution is 0.193. The first-order chi connectivity index (χ1) is 6.94. The van der Waals surface area contributed by atoms with E-state index >= 15 is 0 Å². The van der Waals surface area contributed by atoms with Crippen molar-refractivity contribution in [1.29, 1.82) is 0 Å². The van der Waals surface area contributed by atoms with E-state index in [1.807, 2.05) is 0 Å². The van der Waals surface area contributed by atoms with Crippen LogP contribution < -0.4 is 5.32 Å². The van der Waals surface area contributed by atoms with Crippen LogP contribution in [0.4, 0.5) is 4.79 Å². The first-order valence-corrected chi connectivity index (χ1v) is 5.54. The molecule has 0 aliphatic heterocycles. The maximum atomic E-state index is 10.3. The van der Waals surface area contributed by atoms with Crippen LogP contribution in [0.1, 0.15) is 40.0 Å². The minimum atomic E-state index is -0.909. The van der Waals surface area contributed by atoms with Crippen LogP contribution in [0.25, 0.3) is 0 Å². The number of hydrogen-bond donors (Lipinski definition) is 2. The van der Waals surface area contributed by atoms with Gasteiger partial charge in [0.15, 0.2) is 0 Å². The van der Waals surface area contributed by atoms with Gasteiger partial charge in [-0.15, -0.1) is 0 Å². The monoisotopic (exact) mass is 211 g/mol. The van der Waals surface area contributed by atoms with Gasteiger partial charge in [-0.05, 0) is 44.4 Å². The predicted octanol–water partition coefficient (Wildman–Crippen LogP) is 3.03. The second-order valence-electron chi connectivity index (χ2n) is 5.06. The zero-order valence-electron chi connectivity index (χ0n) is 9.84. The van der Waals surface area contributed by atoms with Crippen LogP contribution in [0, 0.1) is 11.3 Å². The van der Waals surface area contributed by atoms with Gasteiger partial charge in [0.05, 0.1) is 0 Å². The molecule has 0 spiro atoms. The minimum absolute atomic E-state index is 0.369. The molecule has 1 rings (SSSR count). The molecule has 0 aromatic heterocycles. The van der Waals surface area contributed by atoms with Crippen LogP contribution >= 0.6 is 0 Å². The fourth-order valence-corrected chi connectivity index (χ4v) is 2.03. The summed E-state index contributed by atoms with van der Waals surface area (Å²) < 4.78 is 0. The summed E-state index contributed by atoms with van der Waals surface area (Å²) in [7, 11) is 0. The molecule has 2 unspecified atom stereocenters. The van der Waals surface area contributed by atoms with Gasteiger partial charge in [-0.1, -0.05) is 18.6 Å². The van der Waals surface area contributed by atoms with E-state index in [0.29, 0.717) is 17.9 Å². The highest BCUT2D eigenvalue weighted by Crippen LogP contribution is 2.55. The number of nitrogens with one attached hydrogen (secondary N) is 1. The Kier molecular flexibility index (Phi) is 3.77. The van der Waals surface area contributed by atoms with Gasteiger partial charge in [0.1, 0.15) is 0 Å². The first-order valence-electron chi connectivity index (χ1n) is 5.54. The van der Waals surface area contributed by atoms with E-state index in [2.05, 4.69) is 32.2 Å². The zero-order chi connectivity index (χ0) is 11.5. The van der Waals surface area contributed by atoms with Crippen LogP contribution in [0.15, 0.2) is 11.6 Å². The van der Waals surface area contributed by atoms with Gasteiger partial charge < -0.3 is 10.4 Å². The average molecular weight is 211 g/mol. The van der Waals surface area contributed by atoms with Crippen molar-refractivity contribution in [1.82, 2.24) is 5.32 Å². The Morgan fingerprint density at radius 2 is 2.27 bits per heavy atom. The van der Waals surface area contributed by atoms with Crippen LogP contribution in [0.5, 0.6) is 0 Å². The van der Waals surface area contributed by atoms with Gasteiger partial charge in [-0.2, -0.15) is 0 Å². The van der Waals surface area contributed by atoms with Gasteiger partial charge in [0.2, 0.25) is 0 Å². The number of rotatable bonds is 5. The molecule has 0 aromatic rings. The summed E-state index contributed by atoms with van der Waals surface area (Å²) in [5.41, 5.74) is 1.73. The summed E-state index contributed by atoms with van der Waals surface area (Å²) in [6.07, 6.45) is 4.79. The third-order valence-corrected chi connectivity index (χ3v) is 3.31. The van der Waals surface area contributed by atoms with Crippen molar-refractivity contribution in [3.63, 3.8) is 0 Å². The maximum Gasteiger partial charge on any atom is 0.404 e. The van der Waals surface area contributed by atoms with Crippen LogP contribution in [-0.4, -0.2) is 17.7 Å². The molecular weight excluding hydrogens is 190 g/mol. The summed E-state index contributed by atoms with van der Waals surface area (Å²) in [4.78, 5) is 10.3. The Morgan fingerprint density at radius 3 is 2.80 bits per heavy atom. The second-order valence-corrected chi connectivity index (χ2v) is 5.06. The Bertz CT molecular complexity index is 269. The summed E-state index contributed by atoms with van der Waals surface area (Å²) in [5.74, 6) is 0.541. The number of amides is 1. The Labute approximate surface area is 91.6 Å². The molecule has 0 heterocycles. The van der Waals surface area contributed by atoms with E-state index in [1.54, 1.807) is 0 Å². The number of carbonyl (C=O) groups is 1. The third-order valence-electron chi connectivity index (χ3n) is 3.31. The van der Waals surface area contributed by atoms with Gasteiger partial charge >= 0.3 is 6.09 Å². The van der Waals surface area contributed by atoms with Crippen molar-refractivity contribution >= 4 is 6.09 Å². The average Bonchev–Trinajstić information content (AvgIpc) is 2.73. The fraction of sp³-hybridized carbons (Fsp3) is 0.750. The van der Waals surface area contributed by atoms with Crippen molar-refractivity contribution < 1.29 is 9.90 Å². The molecule has 1 aliphatic rings. The van der Waals surface area contributed by atoms with E-state index in [0.717, 1.165) is 12.8 Å². The normalized spacial score (nSPS) is 28.3. The maximum absolute atomic E-state index is 10.3. The fourth-order valence-electron chi connectivity index (χ4n) is 2.03. The van der Waals surface area contributed by atoms with Crippen molar-refractivity contribution in [2.45, 2.75) is 40.0 Å². The molecule has 15 heavy (non-hydrogen) atoms. The summed E-state index contributed by atoms with van der Waals surface area (Å²) in [5, 5.41) is 11.0. The molecule has 0 bridgehead atoms. The smallest absolute Gasteiger partial charge is 0.404 e. The van der Waals surface area contributed by atoms with Gasteiger partial charge in [0, 0.05) is 6.54 Å². The minimum Gasteiger partial charge on any atom is -0.465 e. The highest BCUT2D eigenvalue weighted by Gasteiger charge is 2.48. The van der Waals surface area contributed by atoms with Gasteiger partial charge in [0.25, 0.3) is 0 Å². The topological polar surface area (TPSA) is 49.3 Å². The Morgan fingerprint density at radius 1 is 1.60 bits per heavy atom. The van der Waals surface area contributed by atoms with Gasteiger partial charge in [-0.25, -0.2) is 4.79 Å². The molecule has 1 fully saturated rings. The molecule has 1 saturated carbocycles. The molecular formula is C12H21NO2. The van der Waals surface area contributed by atoms with Crippen LogP contribution in [0.2, 0.25) is 0 Å². The summed E-state index contributed by atoms with van der Waals surface area (Å²) in [6, 6.07) is 0. The lowest BCUT2D eigenvalue weighted by Gasteiger charge is -2.09. The molecule has 3 heteroatoms. The van der Waals surface area contributed by atoms with E-state index in [1.165, 1.54) is 12.0 Å². The first kappa shape index (κ1) is 12.1. The number of hydrogen-bond acceptors (Lipinski definition) is 1. The van der Waals surface area contributed by atoms with Crippen molar-refractivity contribution in [3.8, 4) is 0 Å². The standard InChI is InChI=1S/C12H21NO2/c1-9(2)5-4-6-12(3)7-10(12)8-13-11(14)15/h5,10,13H,4,6-8H2,1-3H3,(H,14,15). The quantitative estimate of drug-likeness (QED) is 0.687. The highest BCUT2D eigenvalue weighted by molar-refractivity contribution is 5.64. The van der Waals surface area contributed by atoms with Crippen LogP contribution in [-0.2, 0) is 0 Å². The molecule has 2 N–H and O–H groups in total. The molecule has 1 aliphatic carbocycles. The van der Waals surface area contributed by atoms with E-state index in [4.69, 9.17) is 5.11 Å². The lowest BCUT2D eigenvalue weighted by atomic mass is 9.99. The lowest BCUT2D eigenvalue weighted by Crippen LogP contribution is -2.24. The zero-order valence-corrected chi connectivity index (χ0v) is 9.84. The third kappa shape index (κ3) is 3.94. The van der Waals surface area contributed by atoms with Crippen molar-refractivity contribution in [3.05, 3.63) is 11.6 Å². The number of carboxylic acid groups (broad SMARTS) is 1. The molecule has 0 radical (unpaired) electrons. The van der Waals surface area contributed by atoms with E-state index in [-0.39, 0.29) is 0 Å². The molecule has 86 valence electrons. The van der Waals surface area contributed by atoms with Crippen LogP contribution in [0.3, 0.4) is 0 Å². The molecule has 2 atom stereocenters. The van der Waals surface area contributed by atoms with Gasteiger partial charge in [-0.3, -0.25) is 0 Å². The highest BCUT2D eigenvalue weighted by atomic mass is 16.4. The van der Waals surface area contributed by atoms with E-state index < -0.39 is 6.09 Å². The molecule has 0 aromatic carbocycles. The Hall–Kier alpha value is -0.990. The summed E-state index contributed by atoms with van der Waals surface area (Å²) >= 11 is 0.